The maximum atomic E-state index is 11.4. The van der Waals surface area contributed by atoms with Gasteiger partial charge in [-0.25, -0.2) is 0 Å². The number of aromatic nitrogens is 1. The van der Waals surface area contributed by atoms with E-state index in [0.29, 0.717) is 12.0 Å². The fraction of sp³-hybridized carbons (Fsp3) is 0.0833. The average molecular weight is 214 g/mol. The summed E-state index contributed by atoms with van der Waals surface area (Å²) in [6.07, 6.45) is 3.46. The molecule has 4 heteroatoms. The van der Waals surface area contributed by atoms with Crippen LogP contribution in [0.25, 0.3) is 6.08 Å². The molecule has 0 unspecified atom stereocenters. The van der Waals surface area contributed by atoms with Crippen LogP contribution in [0.1, 0.15) is 12.6 Å². The molecular weight excluding hydrogens is 204 g/mol. The third kappa shape index (κ3) is 3.39. The normalized spacial score (nSPS) is 9.94. The van der Waals surface area contributed by atoms with Crippen LogP contribution in [0, 0.1) is 12.0 Å². The zero-order chi connectivity index (χ0) is 11.8. The zero-order valence-electron chi connectivity index (χ0n) is 8.73. The lowest BCUT2D eigenvalue weighted by Gasteiger charge is -1.97. The predicted octanol–water partition coefficient (Wildman–Crippen LogP) is 0.761. The molecule has 0 aromatic carbocycles. The summed E-state index contributed by atoms with van der Waals surface area (Å²) in [4.78, 5) is 26.1. The van der Waals surface area contributed by atoms with Crippen LogP contribution in [0.2, 0.25) is 0 Å². The van der Waals surface area contributed by atoms with Gasteiger partial charge in [-0.15, -0.1) is 0 Å². The number of hydrogen-bond acceptors (Lipinski definition) is 3. The van der Waals surface area contributed by atoms with Crippen molar-refractivity contribution in [3.63, 3.8) is 0 Å². The van der Waals surface area contributed by atoms with Crippen molar-refractivity contribution >= 4 is 18.3 Å². The van der Waals surface area contributed by atoms with Crippen LogP contribution in [0.5, 0.6) is 0 Å². The summed E-state index contributed by atoms with van der Waals surface area (Å²) in [5, 5.41) is 2.28. The monoisotopic (exact) mass is 214 g/mol. The molecule has 0 fully saturated rings. The summed E-state index contributed by atoms with van der Waals surface area (Å²) in [7, 11) is 0. The van der Waals surface area contributed by atoms with E-state index in [0.717, 1.165) is 0 Å². The summed E-state index contributed by atoms with van der Waals surface area (Å²) >= 11 is 0. The molecule has 1 heterocycles. The summed E-state index contributed by atoms with van der Waals surface area (Å²) < 4.78 is 0. The van der Waals surface area contributed by atoms with Crippen molar-refractivity contribution in [3.05, 3.63) is 35.7 Å². The van der Waals surface area contributed by atoms with Crippen LogP contribution in [-0.2, 0) is 9.59 Å². The maximum Gasteiger partial charge on any atom is 0.266 e. The van der Waals surface area contributed by atoms with E-state index in [-0.39, 0.29) is 5.57 Å². The topological polar surface area (TPSA) is 59.1 Å². The van der Waals surface area contributed by atoms with E-state index in [2.05, 4.69) is 22.3 Å². The van der Waals surface area contributed by atoms with Gasteiger partial charge >= 0.3 is 0 Å². The van der Waals surface area contributed by atoms with Crippen LogP contribution in [-0.4, -0.2) is 17.2 Å². The lowest BCUT2D eigenvalue weighted by molar-refractivity contribution is -0.118. The highest BCUT2D eigenvalue weighted by Crippen LogP contribution is 2.01. The first-order valence-corrected chi connectivity index (χ1v) is 4.58. The largest absolute Gasteiger partial charge is 0.298 e. The number of nitrogens with one attached hydrogen (secondary N) is 1. The van der Waals surface area contributed by atoms with Crippen molar-refractivity contribution in [1.82, 2.24) is 10.3 Å². The number of carbonyl (C=O) groups excluding carboxylic acids is 2. The molecule has 0 aliphatic carbocycles. The fourth-order valence-electron chi connectivity index (χ4n) is 0.965. The van der Waals surface area contributed by atoms with Crippen molar-refractivity contribution < 1.29 is 9.59 Å². The zero-order valence-corrected chi connectivity index (χ0v) is 8.73. The molecule has 0 aliphatic heterocycles. The SMILES string of the molecule is CC#CNC(=O)C(C=O)=Cc1ccccn1. The molecule has 0 saturated carbocycles. The van der Waals surface area contributed by atoms with E-state index in [4.69, 9.17) is 0 Å². The van der Waals surface area contributed by atoms with Gasteiger partial charge in [0.15, 0.2) is 6.29 Å². The quantitative estimate of drug-likeness (QED) is 0.202. The standard InChI is InChI=1S/C12H10N2O2/c1-2-6-14-12(16)10(9-15)8-11-5-3-4-7-13-11/h3-5,7-9H,1H3,(H,14,16). The Morgan fingerprint density at radius 1 is 1.50 bits per heavy atom. The Morgan fingerprint density at radius 2 is 2.31 bits per heavy atom. The minimum absolute atomic E-state index is 0.0125. The molecule has 1 N–H and O–H groups in total. The first-order chi connectivity index (χ1) is 7.77. The molecule has 1 aromatic rings. The van der Waals surface area contributed by atoms with Crippen molar-refractivity contribution in [2.75, 3.05) is 0 Å². The van der Waals surface area contributed by atoms with E-state index in [9.17, 15) is 9.59 Å². The number of nitrogens with zero attached hydrogens (tertiary/aromatic N) is 1. The number of rotatable bonds is 3. The van der Waals surface area contributed by atoms with Crippen LogP contribution in [0.3, 0.4) is 0 Å². The highest BCUT2D eigenvalue weighted by molar-refractivity contribution is 6.14. The second-order valence-corrected chi connectivity index (χ2v) is 2.80. The molecule has 1 amide bonds. The molecule has 1 rings (SSSR count). The van der Waals surface area contributed by atoms with Gasteiger partial charge in [0.25, 0.3) is 5.91 Å². The Hall–Kier alpha value is -2.41. The second kappa shape index (κ2) is 6.14. The van der Waals surface area contributed by atoms with Crippen LogP contribution in [0.15, 0.2) is 30.0 Å². The minimum atomic E-state index is -0.532. The molecule has 16 heavy (non-hydrogen) atoms. The summed E-state index contributed by atoms with van der Waals surface area (Å²) in [5.41, 5.74) is 0.533. The van der Waals surface area contributed by atoms with E-state index < -0.39 is 5.91 Å². The van der Waals surface area contributed by atoms with E-state index in [1.165, 1.54) is 6.08 Å². The van der Waals surface area contributed by atoms with Gasteiger partial charge in [0, 0.05) is 12.2 Å². The van der Waals surface area contributed by atoms with Crippen molar-refractivity contribution in [2.24, 2.45) is 0 Å². The van der Waals surface area contributed by atoms with Gasteiger partial charge in [0.2, 0.25) is 0 Å². The Labute approximate surface area is 93.4 Å². The first kappa shape index (κ1) is 11.7. The lowest BCUT2D eigenvalue weighted by Crippen LogP contribution is -2.20. The Balaban J connectivity index is 2.89. The van der Waals surface area contributed by atoms with E-state index >= 15 is 0 Å². The maximum absolute atomic E-state index is 11.4. The Morgan fingerprint density at radius 3 is 2.88 bits per heavy atom. The molecule has 4 nitrogen and oxygen atoms in total. The third-order valence-electron chi connectivity index (χ3n) is 1.68. The minimum Gasteiger partial charge on any atom is -0.298 e. The molecule has 0 atom stereocenters. The van der Waals surface area contributed by atoms with Gasteiger partial charge in [0.1, 0.15) is 0 Å². The van der Waals surface area contributed by atoms with Crippen molar-refractivity contribution in [1.29, 1.82) is 0 Å². The van der Waals surface area contributed by atoms with Gasteiger partial charge in [-0.1, -0.05) is 12.0 Å². The molecule has 0 saturated heterocycles. The highest BCUT2D eigenvalue weighted by Gasteiger charge is 2.06. The molecule has 0 bridgehead atoms. The van der Waals surface area contributed by atoms with Crippen molar-refractivity contribution in [2.45, 2.75) is 6.92 Å². The predicted molar refractivity (Wildman–Crippen MR) is 59.9 cm³/mol. The third-order valence-corrected chi connectivity index (χ3v) is 1.68. The van der Waals surface area contributed by atoms with Crippen LogP contribution in [0.4, 0.5) is 0 Å². The number of hydrogen-bond donors (Lipinski definition) is 1. The summed E-state index contributed by atoms with van der Waals surface area (Å²) in [6.45, 7) is 1.59. The number of aldehydes is 1. The van der Waals surface area contributed by atoms with Gasteiger partial charge in [-0.2, -0.15) is 0 Å². The Kier molecular flexibility index (Phi) is 4.48. The average Bonchev–Trinajstić information content (AvgIpc) is 2.34. The second-order valence-electron chi connectivity index (χ2n) is 2.80. The Bertz CT molecular complexity index is 467. The summed E-state index contributed by atoms with van der Waals surface area (Å²) in [6, 6.07) is 7.60. The highest BCUT2D eigenvalue weighted by atomic mass is 16.2. The molecular formula is C12H10N2O2. The molecule has 0 spiro atoms. The first-order valence-electron chi connectivity index (χ1n) is 4.58. The van der Waals surface area contributed by atoms with E-state index in [1.807, 2.05) is 0 Å². The molecule has 1 aromatic heterocycles. The molecule has 0 aliphatic rings. The van der Waals surface area contributed by atoms with Gasteiger partial charge < -0.3 is 0 Å². The molecule has 0 radical (unpaired) electrons. The number of amides is 1. The van der Waals surface area contributed by atoms with Crippen LogP contribution >= 0.6 is 0 Å². The fourth-order valence-corrected chi connectivity index (χ4v) is 0.965. The van der Waals surface area contributed by atoms with Crippen LogP contribution < -0.4 is 5.32 Å². The van der Waals surface area contributed by atoms with E-state index in [1.54, 1.807) is 31.3 Å². The number of pyridine rings is 1. The summed E-state index contributed by atoms with van der Waals surface area (Å²) in [5.74, 6) is 1.97. The molecule has 80 valence electrons. The smallest absolute Gasteiger partial charge is 0.266 e. The number of carbonyl (C=O) groups is 2. The van der Waals surface area contributed by atoms with Gasteiger partial charge in [-0.05, 0) is 25.1 Å². The van der Waals surface area contributed by atoms with Crippen molar-refractivity contribution in [3.8, 4) is 12.0 Å². The lowest BCUT2D eigenvalue weighted by atomic mass is 10.2. The van der Waals surface area contributed by atoms with Gasteiger partial charge in [-0.3, -0.25) is 19.9 Å². The van der Waals surface area contributed by atoms with Gasteiger partial charge in [0.05, 0.1) is 11.3 Å².